The highest BCUT2D eigenvalue weighted by atomic mass is 16.5. The molecule has 1 aromatic rings. The smallest absolute Gasteiger partial charge is 0.107 e. The number of piperidine rings is 1. The predicted molar refractivity (Wildman–Crippen MR) is 89.3 cm³/mol. The monoisotopic (exact) mass is 283 g/mol. The van der Waals surface area contributed by atoms with Gasteiger partial charge < -0.3 is 10.1 Å². The molecule has 1 aliphatic rings. The topological polar surface area (TPSA) is 21.3 Å². The van der Waals surface area contributed by atoms with E-state index in [4.69, 9.17) is 4.74 Å². The standard InChI is InChI=1S/C19H25NO/c1-3-4-6-9-16(2)19(17-10-7-5-8-11-17)21-18-12-14-20-15-13-18/h3-11,18-20H,2,12-15H2,1H3/b4-3-,9-6-. The van der Waals surface area contributed by atoms with Gasteiger partial charge in [0.1, 0.15) is 6.10 Å². The fourth-order valence-electron chi connectivity index (χ4n) is 2.51. The van der Waals surface area contributed by atoms with Crippen molar-refractivity contribution >= 4 is 0 Å². The summed E-state index contributed by atoms with van der Waals surface area (Å²) in [4.78, 5) is 0. The molecule has 21 heavy (non-hydrogen) atoms. The van der Waals surface area contributed by atoms with Crippen LogP contribution in [-0.2, 0) is 4.74 Å². The van der Waals surface area contributed by atoms with Crippen LogP contribution in [0.2, 0.25) is 0 Å². The molecule has 1 aliphatic heterocycles. The number of allylic oxidation sites excluding steroid dienone is 3. The van der Waals surface area contributed by atoms with Crippen LogP contribution in [-0.4, -0.2) is 19.2 Å². The van der Waals surface area contributed by atoms with Gasteiger partial charge in [-0.05, 0) is 44.0 Å². The molecule has 1 unspecified atom stereocenters. The van der Waals surface area contributed by atoms with Crippen molar-refractivity contribution in [1.82, 2.24) is 5.32 Å². The van der Waals surface area contributed by atoms with Crippen molar-refractivity contribution in [1.29, 1.82) is 0 Å². The Kier molecular flexibility index (Phi) is 6.45. The van der Waals surface area contributed by atoms with Gasteiger partial charge in [0.25, 0.3) is 0 Å². The number of benzene rings is 1. The summed E-state index contributed by atoms with van der Waals surface area (Å²) in [6.45, 7) is 8.28. The molecule has 0 amide bonds. The maximum atomic E-state index is 6.36. The van der Waals surface area contributed by atoms with Crippen LogP contribution in [0.5, 0.6) is 0 Å². The zero-order valence-corrected chi connectivity index (χ0v) is 12.8. The first kappa shape index (κ1) is 15.7. The van der Waals surface area contributed by atoms with Gasteiger partial charge in [0, 0.05) is 0 Å². The van der Waals surface area contributed by atoms with Gasteiger partial charge in [0.05, 0.1) is 6.10 Å². The second-order valence-corrected chi connectivity index (χ2v) is 5.34. The zero-order chi connectivity index (χ0) is 14.9. The highest BCUT2D eigenvalue weighted by Gasteiger charge is 2.21. The molecule has 1 aromatic carbocycles. The van der Waals surface area contributed by atoms with Crippen molar-refractivity contribution in [2.24, 2.45) is 0 Å². The Morgan fingerprint density at radius 3 is 2.62 bits per heavy atom. The lowest BCUT2D eigenvalue weighted by Gasteiger charge is -2.29. The first-order valence-electron chi connectivity index (χ1n) is 7.70. The maximum absolute atomic E-state index is 6.36. The van der Waals surface area contributed by atoms with Gasteiger partial charge in [-0.15, -0.1) is 0 Å². The minimum absolute atomic E-state index is 0.0594. The van der Waals surface area contributed by atoms with Crippen LogP contribution in [0.1, 0.15) is 31.4 Å². The van der Waals surface area contributed by atoms with Crippen molar-refractivity contribution in [3.63, 3.8) is 0 Å². The van der Waals surface area contributed by atoms with Crippen molar-refractivity contribution in [2.75, 3.05) is 13.1 Å². The summed E-state index contributed by atoms with van der Waals surface area (Å²) in [7, 11) is 0. The number of hydrogen-bond donors (Lipinski definition) is 1. The van der Waals surface area contributed by atoms with E-state index in [0.29, 0.717) is 6.10 Å². The quantitative estimate of drug-likeness (QED) is 0.791. The third-order valence-corrected chi connectivity index (χ3v) is 3.67. The van der Waals surface area contributed by atoms with Crippen molar-refractivity contribution in [3.05, 3.63) is 72.4 Å². The van der Waals surface area contributed by atoms with E-state index in [9.17, 15) is 0 Å². The fourth-order valence-corrected chi connectivity index (χ4v) is 2.51. The van der Waals surface area contributed by atoms with Crippen LogP contribution < -0.4 is 5.32 Å². The number of nitrogens with one attached hydrogen (secondary N) is 1. The molecule has 0 saturated carbocycles. The predicted octanol–water partition coefficient (Wildman–Crippen LogP) is 4.18. The van der Waals surface area contributed by atoms with E-state index in [-0.39, 0.29) is 6.10 Å². The highest BCUT2D eigenvalue weighted by molar-refractivity contribution is 5.32. The molecule has 0 spiro atoms. The summed E-state index contributed by atoms with van der Waals surface area (Å²) in [5.74, 6) is 0. The molecule has 0 aromatic heterocycles. The summed E-state index contributed by atoms with van der Waals surface area (Å²) in [6, 6.07) is 10.4. The number of hydrogen-bond acceptors (Lipinski definition) is 2. The highest BCUT2D eigenvalue weighted by Crippen LogP contribution is 2.29. The lowest BCUT2D eigenvalue weighted by atomic mass is 10.0. The van der Waals surface area contributed by atoms with E-state index >= 15 is 0 Å². The average Bonchev–Trinajstić information content (AvgIpc) is 2.54. The summed E-state index contributed by atoms with van der Waals surface area (Å²) in [6.07, 6.45) is 10.5. The van der Waals surface area contributed by atoms with Crippen LogP contribution in [0.3, 0.4) is 0 Å². The summed E-state index contributed by atoms with van der Waals surface area (Å²) < 4.78 is 6.36. The molecule has 1 fully saturated rings. The lowest BCUT2D eigenvalue weighted by molar-refractivity contribution is -0.00819. The van der Waals surface area contributed by atoms with E-state index in [1.165, 1.54) is 5.56 Å². The van der Waals surface area contributed by atoms with E-state index in [1.54, 1.807) is 0 Å². The van der Waals surface area contributed by atoms with E-state index < -0.39 is 0 Å². The maximum Gasteiger partial charge on any atom is 0.107 e. The Labute approximate surface area is 128 Å². The molecule has 1 saturated heterocycles. The Bertz CT molecular complexity index is 484. The van der Waals surface area contributed by atoms with Crippen molar-refractivity contribution in [2.45, 2.75) is 32.0 Å². The Morgan fingerprint density at radius 1 is 1.24 bits per heavy atom. The van der Waals surface area contributed by atoms with Crippen LogP contribution in [0, 0.1) is 0 Å². The first-order valence-corrected chi connectivity index (χ1v) is 7.70. The third kappa shape index (κ3) is 5.00. The third-order valence-electron chi connectivity index (χ3n) is 3.67. The van der Waals surface area contributed by atoms with Gasteiger partial charge in [-0.1, -0.05) is 61.2 Å². The molecule has 1 N–H and O–H groups in total. The second-order valence-electron chi connectivity index (χ2n) is 5.34. The van der Waals surface area contributed by atoms with Gasteiger partial charge >= 0.3 is 0 Å². The normalized spacial score (nSPS) is 18.3. The number of ether oxygens (including phenoxy) is 1. The summed E-state index contributed by atoms with van der Waals surface area (Å²) in [5.41, 5.74) is 2.17. The molecular weight excluding hydrogens is 258 g/mol. The van der Waals surface area contributed by atoms with Crippen molar-refractivity contribution in [3.8, 4) is 0 Å². The Balaban J connectivity index is 2.11. The van der Waals surface area contributed by atoms with Crippen LogP contribution in [0.4, 0.5) is 0 Å². The van der Waals surface area contributed by atoms with Crippen LogP contribution in [0.25, 0.3) is 0 Å². The van der Waals surface area contributed by atoms with E-state index in [1.807, 2.05) is 37.3 Å². The van der Waals surface area contributed by atoms with Gasteiger partial charge in [0.2, 0.25) is 0 Å². The van der Waals surface area contributed by atoms with E-state index in [2.05, 4.69) is 36.2 Å². The van der Waals surface area contributed by atoms with E-state index in [0.717, 1.165) is 31.5 Å². The van der Waals surface area contributed by atoms with Crippen LogP contribution in [0.15, 0.2) is 66.8 Å². The zero-order valence-electron chi connectivity index (χ0n) is 12.8. The average molecular weight is 283 g/mol. The van der Waals surface area contributed by atoms with Crippen molar-refractivity contribution < 1.29 is 4.74 Å². The molecule has 2 nitrogen and oxygen atoms in total. The summed E-state index contributed by atoms with van der Waals surface area (Å²) >= 11 is 0. The van der Waals surface area contributed by atoms with Gasteiger partial charge in [-0.2, -0.15) is 0 Å². The lowest BCUT2D eigenvalue weighted by Crippen LogP contribution is -2.33. The second kappa shape index (κ2) is 8.60. The molecule has 0 aliphatic carbocycles. The molecule has 112 valence electrons. The van der Waals surface area contributed by atoms with Gasteiger partial charge in [0.15, 0.2) is 0 Å². The molecule has 1 heterocycles. The molecule has 2 rings (SSSR count). The number of rotatable bonds is 6. The largest absolute Gasteiger partial charge is 0.365 e. The Hall–Kier alpha value is -1.64. The molecule has 0 bridgehead atoms. The minimum Gasteiger partial charge on any atom is -0.365 e. The molecular formula is C19H25NO. The molecule has 1 atom stereocenters. The minimum atomic E-state index is -0.0594. The first-order chi connectivity index (χ1) is 10.3. The van der Waals surface area contributed by atoms with Gasteiger partial charge in [-0.25, -0.2) is 0 Å². The molecule has 2 heteroatoms. The summed E-state index contributed by atoms with van der Waals surface area (Å²) in [5, 5.41) is 3.37. The fraction of sp³-hybridized carbons (Fsp3) is 0.368. The Morgan fingerprint density at radius 2 is 1.95 bits per heavy atom. The SMILES string of the molecule is C=C(/C=C\C=C/C)C(OC1CCNCC1)c1ccccc1. The van der Waals surface area contributed by atoms with Gasteiger partial charge in [-0.3, -0.25) is 0 Å². The van der Waals surface area contributed by atoms with Crippen LogP contribution >= 0.6 is 0 Å². The molecule has 0 radical (unpaired) electrons.